The Balaban J connectivity index is 1.74. The summed E-state index contributed by atoms with van der Waals surface area (Å²) in [5, 5.41) is 2.57. The molecule has 0 aromatic heterocycles. The first-order valence-electron chi connectivity index (χ1n) is 9.96. The molecule has 1 N–H and O–H groups in total. The summed E-state index contributed by atoms with van der Waals surface area (Å²) in [5.74, 6) is -1.18. The SMILES string of the molecule is Cc1ccc(S(=O)(=O)N(CNC(=O)c2ccccc2)CC(=O)OCc2ccccc2)cc1. The van der Waals surface area contributed by atoms with E-state index in [9.17, 15) is 18.0 Å². The summed E-state index contributed by atoms with van der Waals surface area (Å²) in [6.45, 7) is 0.937. The fourth-order valence-corrected chi connectivity index (χ4v) is 4.15. The first-order chi connectivity index (χ1) is 15.4. The Labute approximate surface area is 187 Å². The molecular weight excluding hydrogens is 428 g/mol. The number of nitrogens with zero attached hydrogens (tertiary/aromatic N) is 1. The summed E-state index contributed by atoms with van der Waals surface area (Å²) in [6.07, 6.45) is 0. The Morgan fingerprint density at radius 1 is 0.875 bits per heavy atom. The Bertz CT molecular complexity index is 1150. The van der Waals surface area contributed by atoms with Gasteiger partial charge in [-0.15, -0.1) is 0 Å². The molecule has 3 aromatic carbocycles. The molecule has 8 heteroatoms. The van der Waals surface area contributed by atoms with Gasteiger partial charge in [0.15, 0.2) is 0 Å². The van der Waals surface area contributed by atoms with Crippen LogP contribution in [0.3, 0.4) is 0 Å². The average molecular weight is 453 g/mol. The third-order valence-electron chi connectivity index (χ3n) is 4.66. The van der Waals surface area contributed by atoms with E-state index in [1.54, 1.807) is 54.6 Å². The second-order valence-electron chi connectivity index (χ2n) is 7.10. The average Bonchev–Trinajstić information content (AvgIpc) is 2.81. The molecule has 0 saturated heterocycles. The van der Waals surface area contributed by atoms with Crippen molar-refractivity contribution in [3.63, 3.8) is 0 Å². The van der Waals surface area contributed by atoms with Gasteiger partial charge < -0.3 is 10.1 Å². The molecule has 0 unspecified atom stereocenters. The van der Waals surface area contributed by atoms with Gasteiger partial charge in [-0.2, -0.15) is 4.31 Å². The topological polar surface area (TPSA) is 92.8 Å². The van der Waals surface area contributed by atoms with Gasteiger partial charge in [-0.1, -0.05) is 66.2 Å². The quantitative estimate of drug-likeness (QED) is 0.398. The fraction of sp³-hybridized carbons (Fsp3) is 0.167. The summed E-state index contributed by atoms with van der Waals surface area (Å²) in [6, 6.07) is 23.7. The van der Waals surface area contributed by atoms with Crippen LogP contribution in [0.1, 0.15) is 21.5 Å². The number of ether oxygens (including phenoxy) is 1. The number of carbonyl (C=O) groups is 2. The minimum atomic E-state index is -4.06. The number of sulfonamides is 1. The minimum absolute atomic E-state index is 0.0212. The van der Waals surface area contributed by atoms with Crippen LogP contribution in [0.25, 0.3) is 0 Å². The number of hydrogen-bond donors (Lipinski definition) is 1. The summed E-state index contributed by atoms with van der Waals surface area (Å²) < 4.78 is 32.5. The van der Waals surface area contributed by atoms with Crippen LogP contribution < -0.4 is 5.32 Å². The molecule has 1 amide bonds. The van der Waals surface area contributed by atoms with Gasteiger partial charge in [0.25, 0.3) is 5.91 Å². The van der Waals surface area contributed by atoms with E-state index in [4.69, 9.17) is 4.74 Å². The number of benzene rings is 3. The number of rotatable bonds is 9. The maximum Gasteiger partial charge on any atom is 0.321 e. The molecule has 0 atom stereocenters. The second kappa shape index (κ2) is 10.7. The van der Waals surface area contributed by atoms with Gasteiger partial charge in [0.2, 0.25) is 10.0 Å². The minimum Gasteiger partial charge on any atom is -0.460 e. The van der Waals surface area contributed by atoms with E-state index in [-0.39, 0.29) is 18.2 Å². The van der Waals surface area contributed by atoms with Crippen LogP contribution in [0.2, 0.25) is 0 Å². The second-order valence-corrected chi connectivity index (χ2v) is 9.04. The molecular formula is C24H24N2O5S. The Hall–Kier alpha value is -3.49. The van der Waals surface area contributed by atoms with Gasteiger partial charge in [0.05, 0.1) is 11.6 Å². The molecule has 3 rings (SSSR count). The highest BCUT2D eigenvalue weighted by Gasteiger charge is 2.28. The Morgan fingerprint density at radius 2 is 1.47 bits per heavy atom. The molecule has 0 aliphatic carbocycles. The molecule has 3 aromatic rings. The van der Waals surface area contributed by atoms with E-state index in [0.717, 1.165) is 15.4 Å². The number of hydrogen-bond acceptors (Lipinski definition) is 5. The lowest BCUT2D eigenvalue weighted by Crippen LogP contribution is -2.44. The van der Waals surface area contributed by atoms with Crippen molar-refractivity contribution in [2.75, 3.05) is 13.2 Å². The summed E-state index contributed by atoms with van der Waals surface area (Å²) in [5.41, 5.74) is 2.06. The molecule has 0 aliphatic heterocycles. The van der Waals surface area contributed by atoms with Crippen molar-refractivity contribution in [1.82, 2.24) is 9.62 Å². The van der Waals surface area contributed by atoms with Gasteiger partial charge >= 0.3 is 5.97 Å². The zero-order valence-corrected chi connectivity index (χ0v) is 18.4. The first kappa shape index (κ1) is 23.2. The van der Waals surface area contributed by atoms with Crippen molar-refractivity contribution < 1.29 is 22.7 Å². The van der Waals surface area contributed by atoms with Crippen LogP contribution in [0, 0.1) is 6.92 Å². The van der Waals surface area contributed by atoms with Crippen molar-refractivity contribution in [1.29, 1.82) is 0 Å². The van der Waals surface area contributed by atoms with E-state index in [1.807, 2.05) is 25.1 Å². The zero-order chi connectivity index (χ0) is 23.0. The predicted molar refractivity (Wildman–Crippen MR) is 120 cm³/mol. The van der Waals surface area contributed by atoms with Crippen LogP contribution in [-0.4, -0.2) is 37.8 Å². The monoisotopic (exact) mass is 452 g/mol. The van der Waals surface area contributed by atoms with E-state index < -0.39 is 28.4 Å². The summed E-state index contributed by atoms with van der Waals surface area (Å²) >= 11 is 0. The standard InChI is InChI=1S/C24H24N2O5S/c1-19-12-14-22(15-13-19)32(29,30)26(18-25-24(28)21-10-6-3-7-11-21)16-23(27)31-17-20-8-4-2-5-9-20/h2-15H,16-18H2,1H3,(H,25,28). The van der Waals surface area contributed by atoms with Gasteiger partial charge in [-0.3, -0.25) is 9.59 Å². The molecule has 7 nitrogen and oxygen atoms in total. The lowest BCUT2D eigenvalue weighted by molar-refractivity contribution is -0.145. The van der Waals surface area contributed by atoms with Crippen molar-refractivity contribution >= 4 is 21.9 Å². The largest absolute Gasteiger partial charge is 0.460 e. The molecule has 32 heavy (non-hydrogen) atoms. The van der Waals surface area contributed by atoms with E-state index in [0.29, 0.717) is 5.56 Å². The fourth-order valence-electron chi connectivity index (χ4n) is 2.86. The maximum atomic E-state index is 13.2. The smallest absolute Gasteiger partial charge is 0.321 e. The first-order valence-corrected chi connectivity index (χ1v) is 11.4. The number of aryl methyl sites for hydroxylation is 1. The maximum absolute atomic E-state index is 13.2. The molecule has 0 fully saturated rings. The van der Waals surface area contributed by atoms with Gasteiger partial charge in [-0.05, 0) is 36.8 Å². The molecule has 0 saturated carbocycles. The molecule has 0 radical (unpaired) electrons. The van der Waals surface area contributed by atoms with Crippen LogP contribution in [-0.2, 0) is 26.2 Å². The molecule has 0 aliphatic rings. The summed E-state index contributed by atoms with van der Waals surface area (Å²) in [4.78, 5) is 24.9. The van der Waals surface area contributed by atoms with E-state index >= 15 is 0 Å². The Morgan fingerprint density at radius 3 is 2.09 bits per heavy atom. The number of nitrogens with one attached hydrogen (secondary N) is 1. The normalized spacial score (nSPS) is 11.2. The highest BCUT2D eigenvalue weighted by Crippen LogP contribution is 2.16. The molecule has 0 bridgehead atoms. The number of amides is 1. The van der Waals surface area contributed by atoms with E-state index in [1.165, 1.54) is 12.1 Å². The van der Waals surface area contributed by atoms with Crippen LogP contribution >= 0.6 is 0 Å². The highest BCUT2D eigenvalue weighted by molar-refractivity contribution is 7.89. The Kier molecular flexibility index (Phi) is 7.75. The van der Waals surface area contributed by atoms with Gasteiger partial charge in [0, 0.05) is 5.56 Å². The third kappa shape index (κ3) is 6.26. The van der Waals surface area contributed by atoms with Crippen molar-refractivity contribution in [2.24, 2.45) is 0 Å². The molecule has 0 spiro atoms. The highest BCUT2D eigenvalue weighted by atomic mass is 32.2. The predicted octanol–water partition coefficient (Wildman–Crippen LogP) is 3.12. The lowest BCUT2D eigenvalue weighted by atomic mass is 10.2. The van der Waals surface area contributed by atoms with Gasteiger partial charge in [0.1, 0.15) is 13.2 Å². The van der Waals surface area contributed by atoms with Crippen LogP contribution in [0.15, 0.2) is 89.8 Å². The van der Waals surface area contributed by atoms with Crippen molar-refractivity contribution in [3.05, 3.63) is 102 Å². The molecule has 0 heterocycles. The molecule has 166 valence electrons. The van der Waals surface area contributed by atoms with Gasteiger partial charge in [-0.25, -0.2) is 8.42 Å². The summed E-state index contributed by atoms with van der Waals surface area (Å²) in [7, 11) is -4.06. The number of carbonyl (C=O) groups excluding carboxylic acids is 2. The lowest BCUT2D eigenvalue weighted by Gasteiger charge is -2.22. The van der Waals surface area contributed by atoms with E-state index in [2.05, 4.69) is 5.32 Å². The third-order valence-corrected chi connectivity index (χ3v) is 6.46. The van der Waals surface area contributed by atoms with Crippen LogP contribution in [0.4, 0.5) is 0 Å². The number of esters is 1. The zero-order valence-electron chi connectivity index (χ0n) is 17.6. The van der Waals surface area contributed by atoms with Crippen molar-refractivity contribution in [3.8, 4) is 0 Å². The van der Waals surface area contributed by atoms with Crippen LogP contribution in [0.5, 0.6) is 0 Å². The van der Waals surface area contributed by atoms with Crippen molar-refractivity contribution in [2.45, 2.75) is 18.4 Å².